The molecule has 1 heterocycles. The summed E-state index contributed by atoms with van der Waals surface area (Å²) in [5.41, 5.74) is 0. The molecule has 72 valence electrons. The van der Waals surface area contributed by atoms with E-state index in [-0.39, 0.29) is 12.8 Å². The number of nitrogens with zero attached hydrogens (tertiary/aromatic N) is 1. The lowest BCUT2D eigenvalue weighted by Gasteiger charge is -2.35. The maximum atomic E-state index is 12.3. The molecule has 1 aliphatic heterocycles. The standard InChI is InChI=1S/C9H18FNO/c1-3-8(2)11-4-5-12-9(6-10)7-11/h8-9H,3-7H2,1-2H3. The van der Waals surface area contributed by atoms with E-state index < -0.39 is 0 Å². The van der Waals surface area contributed by atoms with Crippen LogP contribution in [0.15, 0.2) is 0 Å². The first-order valence-corrected chi connectivity index (χ1v) is 4.69. The van der Waals surface area contributed by atoms with Gasteiger partial charge in [-0.15, -0.1) is 0 Å². The minimum absolute atomic E-state index is 0.187. The molecule has 0 bridgehead atoms. The van der Waals surface area contributed by atoms with E-state index in [9.17, 15) is 4.39 Å². The molecule has 0 amide bonds. The lowest BCUT2D eigenvalue weighted by atomic mass is 10.2. The molecule has 2 nitrogen and oxygen atoms in total. The zero-order valence-corrected chi connectivity index (χ0v) is 7.92. The Bertz CT molecular complexity index is 130. The summed E-state index contributed by atoms with van der Waals surface area (Å²) in [6.07, 6.45) is 0.937. The second-order valence-electron chi connectivity index (χ2n) is 3.40. The molecule has 12 heavy (non-hydrogen) atoms. The lowest BCUT2D eigenvalue weighted by Crippen LogP contribution is -2.47. The molecule has 0 aromatic carbocycles. The summed E-state index contributed by atoms with van der Waals surface area (Å²) in [4.78, 5) is 2.30. The number of hydrogen-bond acceptors (Lipinski definition) is 2. The second kappa shape index (κ2) is 4.77. The maximum absolute atomic E-state index is 12.3. The van der Waals surface area contributed by atoms with Crippen molar-refractivity contribution in [2.24, 2.45) is 0 Å². The van der Waals surface area contributed by atoms with Gasteiger partial charge >= 0.3 is 0 Å². The van der Waals surface area contributed by atoms with Gasteiger partial charge in [0.15, 0.2) is 0 Å². The van der Waals surface area contributed by atoms with Crippen molar-refractivity contribution in [3.05, 3.63) is 0 Å². The highest BCUT2D eigenvalue weighted by molar-refractivity contribution is 4.74. The van der Waals surface area contributed by atoms with Crippen molar-refractivity contribution >= 4 is 0 Å². The van der Waals surface area contributed by atoms with E-state index in [1.807, 2.05) is 0 Å². The van der Waals surface area contributed by atoms with Crippen molar-refractivity contribution in [3.8, 4) is 0 Å². The summed E-state index contributed by atoms with van der Waals surface area (Å²) in [7, 11) is 0. The highest BCUT2D eigenvalue weighted by Gasteiger charge is 2.22. The molecule has 0 aliphatic carbocycles. The molecule has 1 aliphatic rings. The zero-order chi connectivity index (χ0) is 8.97. The number of halogens is 1. The summed E-state index contributed by atoms with van der Waals surface area (Å²) < 4.78 is 17.5. The van der Waals surface area contributed by atoms with Crippen LogP contribution in [-0.2, 0) is 4.74 Å². The molecule has 0 saturated carbocycles. The van der Waals surface area contributed by atoms with E-state index in [1.54, 1.807) is 0 Å². The molecule has 0 spiro atoms. The van der Waals surface area contributed by atoms with Gasteiger partial charge in [-0.05, 0) is 13.3 Å². The third kappa shape index (κ3) is 2.42. The fourth-order valence-electron chi connectivity index (χ4n) is 1.49. The van der Waals surface area contributed by atoms with E-state index in [0.29, 0.717) is 12.6 Å². The van der Waals surface area contributed by atoms with Crippen molar-refractivity contribution in [2.45, 2.75) is 32.4 Å². The molecule has 2 unspecified atom stereocenters. The third-order valence-electron chi connectivity index (χ3n) is 2.56. The average Bonchev–Trinajstić information content (AvgIpc) is 2.17. The summed E-state index contributed by atoms with van der Waals surface area (Å²) >= 11 is 0. The van der Waals surface area contributed by atoms with Crippen LogP contribution >= 0.6 is 0 Å². The average molecular weight is 175 g/mol. The summed E-state index contributed by atoms with van der Waals surface area (Å²) in [6, 6.07) is 0.558. The van der Waals surface area contributed by atoms with Crippen LogP contribution in [0.3, 0.4) is 0 Å². The van der Waals surface area contributed by atoms with Crippen LogP contribution < -0.4 is 0 Å². The SMILES string of the molecule is CCC(C)N1CCOC(CF)C1. The largest absolute Gasteiger partial charge is 0.373 e. The number of alkyl halides is 1. The topological polar surface area (TPSA) is 12.5 Å². The summed E-state index contributed by atoms with van der Waals surface area (Å²) in [6.45, 7) is 6.37. The second-order valence-corrected chi connectivity index (χ2v) is 3.40. The van der Waals surface area contributed by atoms with Crippen LogP contribution in [0.4, 0.5) is 4.39 Å². The number of ether oxygens (including phenoxy) is 1. The monoisotopic (exact) mass is 175 g/mol. The van der Waals surface area contributed by atoms with Crippen LogP contribution in [0.5, 0.6) is 0 Å². The van der Waals surface area contributed by atoms with Crippen molar-refractivity contribution in [2.75, 3.05) is 26.4 Å². The molecule has 0 aromatic rings. The Labute approximate surface area is 73.7 Å². The molecular formula is C9H18FNO. The van der Waals surface area contributed by atoms with E-state index in [2.05, 4.69) is 18.7 Å². The highest BCUT2D eigenvalue weighted by Crippen LogP contribution is 2.10. The first-order valence-electron chi connectivity index (χ1n) is 4.69. The van der Waals surface area contributed by atoms with E-state index >= 15 is 0 Å². The van der Waals surface area contributed by atoms with Gasteiger partial charge in [0, 0.05) is 19.1 Å². The van der Waals surface area contributed by atoms with Crippen LogP contribution in [0.1, 0.15) is 20.3 Å². The predicted octanol–water partition coefficient (Wildman–Crippen LogP) is 1.46. The molecule has 2 atom stereocenters. The molecule has 1 saturated heterocycles. The van der Waals surface area contributed by atoms with Gasteiger partial charge in [-0.1, -0.05) is 6.92 Å². The fraction of sp³-hybridized carbons (Fsp3) is 1.00. The minimum Gasteiger partial charge on any atom is -0.373 e. The maximum Gasteiger partial charge on any atom is 0.117 e. The Balaban J connectivity index is 2.34. The molecule has 0 N–H and O–H groups in total. The summed E-state index contributed by atoms with van der Waals surface area (Å²) in [5.74, 6) is 0. The predicted molar refractivity (Wildman–Crippen MR) is 47.0 cm³/mol. The Hall–Kier alpha value is -0.150. The van der Waals surface area contributed by atoms with Crippen molar-refractivity contribution in [1.82, 2.24) is 4.90 Å². The first kappa shape index (κ1) is 9.93. The quantitative estimate of drug-likeness (QED) is 0.644. The molecule has 1 fully saturated rings. The fourth-order valence-corrected chi connectivity index (χ4v) is 1.49. The molecule has 3 heteroatoms. The Morgan fingerprint density at radius 2 is 2.42 bits per heavy atom. The Morgan fingerprint density at radius 1 is 1.67 bits per heavy atom. The first-order chi connectivity index (χ1) is 5.77. The van der Waals surface area contributed by atoms with Crippen LogP contribution in [-0.4, -0.2) is 43.4 Å². The van der Waals surface area contributed by atoms with Crippen LogP contribution in [0.2, 0.25) is 0 Å². The Morgan fingerprint density at radius 3 is 3.00 bits per heavy atom. The van der Waals surface area contributed by atoms with E-state index in [4.69, 9.17) is 4.74 Å². The lowest BCUT2D eigenvalue weighted by molar-refractivity contribution is -0.0503. The van der Waals surface area contributed by atoms with Gasteiger partial charge in [0.1, 0.15) is 6.67 Å². The number of rotatable bonds is 3. The normalized spacial score (nSPS) is 28.8. The number of morpholine rings is 1. The van der Waals surface area contributed by atoms with E-state index in [1.165, 1.54) is 0 Å². The molecular weight excluding hydrogens is 157 g/mol. The Kier molecular flexibility index (Phi) is 3.95. The van der Waals surface area contributed by atoms with Gasteiger partial charge in [0.05, 0.1) is 12.7 Å². The van der Waals surface area contributed by atoms with Gasteiger partial charge in [-0.2, -0.15) is 0 Å². The molecule has 0 aromatic heterocycles. The zero-order valence-electron chi connectivity index (χ0n) is 7.92. The highest BCUT2D eigenvalue weighted by atomic mass is 19.1. The smallest absolute Gasteiger partial charge is 0.117 e. The third-order valence-corrected chi connectivity index (χ3v) is 2.56. The van der Waals surface area contributed by atoms with Crippen molar-refractivity contribution in [1.29, 1.82) is 0 Å². The van der Waals surface area contributed by atoms with Crippen LogP contribution in [0.25, 0.3) is 0 Å². The van der Waals surface area contributed by atoms with Crippen molar-refractivity contribution < 1.29 is 9.13 Å². The minimum atomic E-state index is -0.354. The van der Waals surface area contributed by atoms with Gasteiger partial charge < -0.3 is 4.74 Å². The van der Waals surface area contributed by atoms with E-state index in [0.717, 1.165) is 19.5 Å². The van der Waals surface area contributed by atoms with Gasteiger partial charge in [-0.25, -0.2) is 4.39 Å². The van der Waals surface area contributed by atoms with Gasteiger partial charge in [-0.3, -0.25) is 4.90 Å². The van der Waals surface area contributed by atoms with Crippen LogP contribution in [0, 0.1) is 0 Å². The number of hydrogen-bond donors (Lipinski definition) is 0. The van der Waals surface area contributed by atoms with Crippen molar-refractivity contribution in [3.63, 3.8) is 0 Å². The van der Waals surface area contributed by atoms with Gasteiger partial charge in [0.25, 0.3) is 0 Å². The molecule has 0 radical (unpaired) electrons. The summed E-state index contributed by atoms with van der Waals surface area (Å²) in [5, 5.41) is 0. The molecule has 1 rings (SSSR count). The van der Waals surface area contributed by atoms with Gasteiger partial charge in [0.2, 0.25) is 0 Å².